The first kappa shape index (κ1) is 27.7. The summed E-state index contributed by atoms with van der Waals surface area (Å²) >= 11 is 0. The monoisotopic (exact) mass is 532 g/mol. The summed E-state index contributed by atoms with van der Waals surface area (Å²) in [5, 5.41) is 10.2. The first-order valence-corrected chi connectivity index (χ1v) is 12.3. The molecule has 9 heteroatoms. The lowest BCUT2D eigenvalue weighted by molar-refractivity contribution is -0.296. The van der Waals surface area contributed by atoms with E-state index in [1.165, 1.54) is 6.08 Å². The molecule has 3 aromatic rings. The number of carbonyl (C=O) groups excluding carboxylic acids is 3. The van der Waals surface area contributed by atoms with Gasteiger partial charge in [-0.15, -0.1) is 6.58 Å². The van der Waals surface area contributed by atoms with Crippen molar-refractivity contribution in [1.29, 1.82) is 0 Å². The fraction of sp³-hybridized carbons (Fsp3) is 0.233. The number of aliphatic hydroxyl groups is 1. The van der Waals surface area contributed by atoms with Crippen LogP contribution in [0.3, 0.4) is 0 Å². The SMILES string of the molecule is C=CCO[C@@H]1O[C@H](CO)[C@@H](OC(=O)c2ccccc2)[C@H](OC(=O)c2ccccc2)[C@H]1OC(=O)c1ccccc1. The molecule has 1 N–H and O–H groups in total. The van der Waals surface area contributed by atoms with Crippen molar-refractivity contribution >= 4 is 17.9 Å². The number of benzene rings is 3. The van der Waals surface area contributed by atoms with E-state index < -0.39 is 55.2 Å². The Labute approximate surface area is 225 Å². The second kappa shape index (κ2) is 13.5. The Balaban J connectivity index is 1.71. The Bertz CT molecular complexity index is 1250. The molecule has 39 heavy (non-hydrogen) atoms. The van der Waals surface area contributed by atoms with Crippen LogP contribution >= 0.6 is 0 Å². The Kier molecular flexibility index (Phi) is 9.58. The highest BCUT2D eigenvalue weighted by Gasteiger charge is 2.53. The normalized spacial score (nSPS) is 22.3. The van der Waals surface area contributed by atoms with Gasteiger partial charge in [-0.2, -0.15) is 0 Å². The van der Waals surface area contributed by atoms with Gasteiger partial charge in [0.15, 0.2) is 24.6 Å². The van der Waals surface area contributed by atoms with Gasteiger partial charge in [0, 0.05) is 0 Å². The summed E-state index contributed by atoms with van der Waals surface area (Å²) in [6, 6.07) is 24.5. The van der Waals surface area contributed by atoms with Crippen molar-refractivity contribution in [2.75, 3.05) is 13.2 Å². The molecule has 1 fully saturated rings. The van der Waals surface area contributed by atoms with E-state index >= 15 is 0 Å². The van der Waals surface area contributed by atoms with Gasteiger partial charge in [0.25, 0.3) is 0 Å². The van der Waals surface area contributed by atoms with Crippen molar-refractivity contribution in [1.82, 2.24) is 0 Å². The predicted molar refractivity (Wildman–Crippen MR) is 139 cm³/mol. The van der Waals surface area contributed by atoms with Crippen molar-refractivity contribution < 1.29 is 43.2 Å². The first-order valence-electron chi connectivity index (χ1n) is 12.3. The van der Waals surface area contributed by atoms with E-state index in [1.54, 1.807) is 91.0 Å². The van der Waals surface area contributed by atoms with Gasteiger partial charge in [-0.05, 0) is 36.4 Å². The molecule has 0 aromatic heterocycles. The number of esters is 3. The minimum absolute atomic E-state index is 0.00394. The second-order valence-electron chi connectivity index (χ2n) is 8.56. The van der Waals surface area contributed by atoms with Crippen LogP contribution < -0.4 is 0 Å². The van der Waals surface area contributed by atoms with Crippen LogP contribution in [0.1, 0.15) is 31.1 Å². The standard InChI is InChI=1S/C30H28O9/c1-2-18-35-30-26(39-29(34)22-16-10-5-11-17-22)25(38-28(33)21-14-8-4-9-15-21)24(23(19-31)36-30)37-27(32)20-12-6-3-7-13-20/h2-17,23-26,30-31H,1,18-19H2/t23-,24-,25+,26-,30-/m1/s1. The smallest absolute Gasteiger partial charge is 0.338 e. The van der Waals surface area contributed by atoms with Gasteiger partial charge in [-0.25, -0.2) is 14.4 Å². The average Bonchev–Trinajstić information content (AvgIpc) is 2.99. The van der Waals surface area contributed by atoms with Gasteiger partial charge in [0.1, 0.15) is 6.10 Å². The van der Waals surface area contributed by atoms with E-state index in [1.807, 2.05) is 0 Å². The summed E-state index contributed by atoms with van der Waals surface area (Å²) in [4.78, 5) is 39.3. The van der Waals surface area contributed by atoms with Crippen molar-refractivity contribution in [3.05, 3.63) is 120 Å². The molecule has 0 radical (unpaired) electrons. The molecule has 0 spiro atoms. The van der Waals surface area contributed by atoms with Crippen molar-refractivity contribution in [2.45, 2.75) is 30.7 Å². The summed E-state index contributed by atoms with van der Waals surface area (Å²) in [5.41, 5.74) is 0.676. The zero-order valence-electron chi connectivity index (χ0n) is 21.0. The van der Waals surface area contributed by atoms with E-state index in [0.29, 0.717) is 0 Å². The van der Waals surface area contributed by atoms with Crippen LogP contribution in [0, 0.1) is 0 Å². The van der Waals surface area contributed by atoms with E-state index in [4.69, 9.17) is 23.7 Å². The molecule has 0 unspecified atom stereocenters. The van der Waals surface area contributed by atoms with Gasteiger partial charge in [0.05, 0.1) is 29.9 Å². The Hall–Kier alpha value is -4.31. The molecule has 202 valence electrons. The Morgan fingerprint density at radius 1 is 0.692 bits per heavy atom. The molecule has 0 amide bonds. The molecule has 0 aliphatic carbocycles. The zero-order valence-corrected chi connectivity index (χ0v) is 21.0. The largest absolute Gasteiger partial charge is 0.452 e. The molecular weight excluding hydrogens is 504 g/mol. The second-order valence-corrected chi connectivity index (χ2v) is 8.56. The van der Waals surface area contributed by atoms with Crippen LogP contribution in [0.4, 0.5) is 0 Å². The van der Waals surface area contributed by atoms with Gasteiger partial charge in [0.2, 0.25) is 0 Å². The van der Waals surface area contributed by atoms with E-state index in [9.17, 15) is 19.5 Å². The van der Waals surface area contributed by atoms with Crippen LogP contribution in [0.5, 0.6) is 0 Å². The van der Waals surface area contributed by atoms with Crippen molar-refractivity contribution in [3.63, 3.8) is 0 Å². The maximum absolute atomic E-state index is 13.2. The highest BCUT2D eigenvalue weighted by molar-refractivity contribution is 5.91. The molecule has 3 aromatic carbocycles. The summed E-state index contributed by atoms with van der Waals surface area (Å²) in [6.07, 6.45) is -5.13. The van der Waals surface area contributed by atoms with Gasteiger partial charge in [-0.1, -0.05) is 60.7 Å². The van der Waals surface area contributed by atoms with Crippen molar-refractivity contribution in [2.24, 2.45) is 0 Å². The summed E-state index contributed by atoms with van der Waals surface area (Å²) < 4.78 is 28.9. The number of carbonyl (C=O) groups is 3. The highest BCUT2D eigenvalue weighted by atomic mass is 16.7. The summed E-state index contributed by atoms with van der Waals surface area (Å²) in [7, 11) is 0. The minimum Gasteiger partial charge on any atom is -0.452 e. The third kappa shape index (κ3) is 6.97. The Morgan fingerprint density at radius 2 is 1.10 bits per heavy atom. The lowest BCUT2D eigenvalue weighted by atomic mass is 9.97. The van der Waals surface area contributed by atoms with Gasteiger partial charge >= 0.3 is 17.9 Å². The molecule has 1 heterocycles. The molecule has 1 aliphatic rings. The zero-order chi connectivity index (χ0) is 27.6. The maximum atomic E-state index is 13.2. The van der Waals surface area contributed by atoms with Crippen LogP contribution in [-0.2, 0) is 23.7 Å². The van der Waals surface area contributed by atoms with Crippen LogP contribution in [0.25, 0.3) is 0 Å². The predicted octanol–water partition coefficient (Wildman–Crippen LogP) is 3.58. The summed E-state index contributed by atoms with van der Waals surface area (Å²) in [6.45, 7) is 3.00. The van der Waals surface area contributed by atoms with Crippen LogP contribution in [-0.4, -0.2) is 66.9 Å². The molecule has 4 rings (SSSR count). The molecule has 0 saturated carbocycles. The summed E-state index contributed by atoms with van der Waals surface area (Å²) in [5.74, 6) is -2.25. The number of aliphatic hydroxyl groups excluding tert-OH is 1. The van der Waals surface area contributed by atoms with E-state index in [0.717, 1.165) is 0 Å². The number of hydrogen-bond acceptors (Lipinski definition) is 9. The fourth-order valence-corrected chi connectivity index (χ4v) is 4.02. The van der Waals surface area contributed by atoms with E-state index in [2.05, 4.69) is 6.58 Å². The molecular formula is C30H28O9. The third-order valence-electron chi connectivity index (χ3n) is 5.91. The lowest BCUT2D eigenvalue weighted by Gasteiger charge is -2.44. The average molecular weight is 533 g/mol. The number of rotatable bonds is 10. The quantitative estimate of drug-likeness (QED) is 0.237. The van der Waals surface area contributed by atoms with Gasteiger partial charge in [-0.3, -0.25) is 0 Å². The minimum atomic E-state index is -1.40. The third-order valence-corrected chi connectivity index (χ3v) is 5.91. The number of ether oxygens (including phenoxy) is 5. The first-order chi connectivity index (χ1) is 19.0. The van der Waals surface area contributed by atoms with E-state index in [-0.39, 0.29) is 23.3 Å². The molecule has 9 nitrogen and oxygen atoms in total. The topological polar surface area (TPSA) is 118 Å². The maximum Gasteiger partial charge on any atom is 0.338 e. The fourth-order valence-electron chi connectivity index (χ4n) is 4.02. The van der Waals surface area contributed by atoms with Crippen molar-refractivity contribution in [3.8, 4) is 0 Å². The van der Waals surface area contributed by atoms with Crippen LogP contribution in [0.15, 0.2) is 104 Å². The molecule has 5 atom stereocenters. The molecule has 0 bridgehead atoms. The van der Waals surface area contributed by atoms with Gasteiger partial charge < -0.3 is 28.8 Å². The lowest BCUT2D eigenvalue weighted by Crippen LogP contribution is -2.63. The molecule has 1 saturated heterocycles. The number of hydrogen-bond donors (Lipinski definition) is 1. The highest BCUT2D eigenvalue weighted by Crippen LogP contribution is 2.31. The Morgan fingerprint density at radius 3 is 1.51 bits per heavy atom. The molecule has 1 aliphatic heterocycles. The van der Waals surface area contributed by atoms with Crippen LogP contribution in [0.2, 0.25) is 0 Å².